The molecule has 172 valence electrons. The van der Waals surface area contributed by atoms with Gasteiger partial charge in [0.25, 0.3) is 10.0 Å². The molecular formula is C21H26ClF2NO4S2. The normalized spacial score (nSPS) is 12.6. The minimum atomic E-state index is -4.22. The third-order valence-corrected chi connectivity index (χ3v) is 7.94. The van der Waals surface area contributed by atoms with E-state index in [0.29, 0.717) is 5.56 Å². The molecule has 0 radical (unpaired) electrons. The molecule has 31 heavy (non-hydrogen) atoms. The van der Waals surface area contributed by atoms with E-state index in [9.17, 15) is 27.1 Å². The van der Waals surface area contributed by atoms with Crippen molar-refractivity contribution in [2.75, 3.05) is 0 Å². The number of halogens is 3. The number of hydrogen-bond donors (Lipinski definition) is 2. The lowest BCUT2D eigenvalue weighted by atomic mass is 9.86. The van der Waals surface area contributed by atoms with Crippen LogP contribution in [0.3, 0.4) is 0 Å². The average molecular weight is 494 g/mol. The Bertz CT molecular complexity index is 1070. The second-order valence-corrected chi connectivity index (χ2v) is 11.7. The highest BCUT2D eigenvalue weighted by Crippen LogP contribution is 2.37. The number of carbonyl (C=O) groups is 1. The zero-order valence-electron chi connectivity index (χ0n) is 18.1. The molecule has 1 aromatic carbocycles. The monoisotopic (exact) mass is 493 g/mol. The minimum absolute atomic E-state index is 0.0862. The highest BCUT2D eigenvalue weighted by atomic mass is 35.5. The Morgan fingerprint density at radius 1 is 1.16 bits per heavy atom. The highest BCUT2D eigenvalue weighted by Gasteiger charge is 2.29. The van der Waals surface area contributed by atoms with Crippen molar-refractivity contribution in [2.45, 2.75) is 69.6 Å². The molecule has 0 aliphatic carbocycles. The molecule has 10 heteroatoms. The van der Waals surface area contributed by atoms with Crippen molar-refractivity contribution in [3.8, 4) is 0 Å². The number of thiophene rings is 1. The summed E-state index contributed by atoms with van der Waals surface area (Å²) >= 11 is 6.70. The number of carbonyl (C=O) groups excluding carboxylic acids is 1. The summed E-state index contributed by atoms with van der Waals surface area (Å²) < 4.78 is 56.5. The largest absolute Gasteiger partial charge is 0.386 e. The van der Waals surface area contributed by atoms with Gasteiger partial charge in [-0.05, 0) is 59.4 Å². The van der Waals surface area contributed by atoms with Crippen LogP contribution in [0, 0.1) is 11.6 Å². The highest BCUT2D eigenvalue weighted by molar-refractivity contribution is 7.92. The molecule has 0 bridgehead atoms. The minimum Gasteiger partial charge on any atom is -0.386 e. The van der Waals surface area contributed by atoms with Crippen LogP contribution >= 0.6 is 22.9 Å². The van der Waals surface area contributed by atoms with Crippen LogP contribution in [0.25, 0.3) is 0 Å². The number of benzene rings is 1. The molecular weight excluding hydrogens is 468 g/mol. The SMILES string of the molecule is CC(C)c1c(F)c(Cl)c(F)c(C(C)C)c1CC(=O)NS(=O)(=O)c1cc(C(C)(C)O)cs1. The van der Waals surface area contributed by atoms with Crippen LogP contribution in [0.5, 0.6) is 0 Å². The van der Waals surface area contributed by atoms with Crippen molar-refractivity contribution in [3.05, 3.63) is 50.4 Å². The van der Waals surface area contributed by atoms with E-state index in [2.05, 4.69) is 0 Å². The first-order valence-electron chi connectivity index (χ1n) is 9.64. The molecule has 0 aliphatic rings. The van der Waals surface area contributed by atoms with Gasteiger partial charge < -0.3 is 5.11 Å². The van der Waals surface area contributed by atoms with Crippen molar-refractivity contribution in [3.63, 3.8) is 0 Å². The van der Waals surface area contributed by atoms with E-state index in [0.717, 1.165) is 11.3 Å². The van der Waals surface area contributed by atoms with Gasteiger partial charge in [-0.15, -0.1) is 11.3 Å². The van der Waals surface area contributed by atoms with Crippen LogP contribution < -0.4 is 4.72 Å². The Hall–Kier alpha value is -1.55. The van der Waals surface area contributed by atoms with E-state index in [-0.39, 0.29) is 20.9 Å². The molecule has 0 spiro atoms. The third-order valence-electron chi connectivity index (χ3n) is 4.80. The van der Waals surface area contributed by atoms with E-state index in [1.807, 2.05) is 4.72 Å². The summed E-state index contributed by atoms with van der Waals surface area (Å²) in [6, 6.07) is 1.28. The molecule has 1 heterocycles. The Morgan fingerprint density at radius 2 is 1.65 bits per heavy atom. The lowest BCUT2D eigenvalue weighted by Gasteiger charge is -2.22. The molecule has 0 fully saturated rings. The van der Waals surface area contributed by atoms with Crippen molar-refractivity contribution in [1.82, 2.24) is 4.72 Å². The molecule has 0 aliphatic heterocycles. The fourth-order valence-electron chi connectivity index (χ4n) is 3.31. The maximum absolute atomic E-state index is 14.7. The van der Waals surface area contributed by atoms with Crippen molar-refractivity contribution < 1.29 is 27.1 Å². The summed E-state index contributed by atoms with van der Waals surface area (Å²) in [5, 5.41) is 10.9. The number of rotatable bonds is 7. The predicted octanol–water partition coefficient (Wildman–Crippen LogP) is 5.20. The van der Waals surface area contributed by atoms with Gasteiger partial charge in [0, 0.05) is 0 Å². The number of nitrogens with one attached hydrogen (secondary N) is 1. The first kappa shape index (κ1) is 25.7. The zero-order chi connectivity index (χ0) is 23.9. The second kappa shape index (κ2) is 9.13. The van der Waals surface area contributed by atoms with Gasteiger partial charge in [0.1, 0.15) is 20.9 Å². The van der Waals surface area contributed by atoms with Crippen molar-refractivity contribution in [1.29, 1.82) is 0 Å². The maximum atomic E-state index is 14.7. The van der Waals surface area contributed by atoms with Gasteiger partial charge in [-0.1, -0.05) is 39.3 Å². The lowest BCUT2D eigenvalue weighted by Crippen LogP contribution is -2.32. The van der Waals surface area contributed by atoms with Crippen LogP contribution in [-0.4, -0.2) is 19.4 Å². The smallest absolute Gasteiger partial charge is 0.273 e. The van der Waals surface area contributed by atoms with Crippen LogP contribution in [0.1, 0.15) is 75.6 Å². The summed E-state index contributed by atoms with van der Waals surface area (Å²) in [5.74, 6) is -3.65. The number of amides is 1. The van der Waals surface area contributed by atoms with E-state index in [4.69, 9.17) is 11.6 Å². The Labute approximate surface area is 190 Å². The Kier molecular flexibility index (Phi) is 7.57. The molecule has 0 unspecified atom stereocenters. The standard InChI is InChI=1S/C21H26ClF2NO4S2/c1-10(2)16-13(17(11(3)4)20(24)18(22)19(16)23)8-14(26)25-31(28,29)15-7-12(9-30-15)21(5,6)27/h7,9-11,27H,8H2,1-6H3,(H,25,26). The molecule has 5 nitrogen and oxygen atoms in total. The van der Waals surface area contributed by atoms with Crippen molar-refractivity contribution >= 4 is 38.9 Å². The first-order valence-corrected chi connectivity index (χ1v) is 12.4. The Morgan fingerprint density at radius 3 is 2.03 bits per heavy atom. The molecule has 0 saturated heterocycles. The van der Waals surface area contributed by atoms with Crippen LogP contribution in [-0.2, 0) is 26.8 Å². The van der Waals surface area contributed by atoms with Gasteiger partial charge in [0.05, 0.1) is 12.0 Å². The van der Waals surface area contributed by atoms with Gasteiger partial charge in [0.15, 0.2) is 0 Å². The lowest BCUT2D eigenvalue weighted by molar-refractivity contribution is -0.118. The number of hydrogen-bond acceptors (Lipinski definition) is 5. The van der Waals surface area contributed by atoms with Gasteiger partial charge in [-0.2, -0.15) is 0 Å². The van der Waals surface area contributed by atoms with Crippen LogP contribution in [0.4, 0.5) is 8.78 Å². The molecule has 0 atom stereocenters. The summed E-state index contributed by atoms with van der Waals surface area (Å²) in [5.41, 5.74) is -0.590. The second-order valence-electron chi connectivity index (χ2n) is 8.48. The molecule has 2 rings (SSSR count). The van der Waals surface area contributed by atoms with E-state index < -0.39 is 56.4 Å². The van der Waals surface area contributed by atoms with Gasteiger partial charge in [-0.3, -0.25) is 4.79 Å². The van der Waals surface area contributed by atoms with Crippen LogP contribution in [0.2, 0.25) is 5.02 Å². The molecule has 1 amide bonds. The van der Waals surface area contributed by atoms with E-state index in [1.165, 1.54) is 25.3 Å². The number of aliphatic hydroxyl groups is 1. The number of sulfonamides is 1. The van der Waals surface area contributed by atoms with Crippen LogP contribution in [0.15, 0.2) is 15.7 Å². The van der Waals surface area contributed by atoms with E-state index in [1.54, 1.807) is 27.7 Å². The first-order chi connectivity index (χ1) is 14.1. The summed E-state index contributed by atoms with van der Waals surface area (Å²) in [7, 11) is -4.22. The Balaban J connectivity index is 2.45. The van der Waals surface area contributed by atoms with Gasteiger partial charge in [-0.25, -0.2) is 21.9 Å². The zero-order valence-corrected chi connectivity index (χ0v) is 20.5. The summed E-state index contributed by atoms with van der Waals surface area (Å²) in [6.07, 6.45) is -0.533. The van der Waals surface area contributed by atoms with Gasteiger partial charge in [0.2, 0.25) is 5.91 Å². The fourth-order valence-corrected chi connectivity index (χ4v) is 5.84. The average Bonchev–Trinajstić information content (AvgIpc) is 3.10. The summed E-state index contributed by atoms with van der Waals surface area (Å²) in [4.78, 5) is 12.6. The molecule has 2 N–H and O–H groups in total. The molecule has 0 saturated carbocycles. The van der Waals surface area contributed by atoms with E-state index >= 15 is 0 Å². The third kappa shape index (κ3) is 5.45. The quantitative estimate of drug-likeness (QED) is 0.519. The fraction of sp³-hybridized carbons (Fsp3) is 0.476. The van der Waals surface area contributed by atoms with Gasteiger partial charge >= 0.3 is 0 Å². The maximum Gasteiger partial charge on any atom is 0.273 e. The van der Waals surface area contributed by atoms with Crippen molar-refractivity contribution in [2.24, 2.45) is 0 Å². The predicted molar refractivity (Wildman–Crippen MR) is 118 cm³/mol. The summed E-state index contributed by atoms with van der Waals surface area (Å²) in [6.45, 7) is 9.73. The topological polar surface area (TPSA) is 83.5 Å². The molecule has 2 aromatic rings. The molecule has 1 aromatic heterocycles.